The number of thioether (sulfide) groups is 1. The van der Waals surface area contributed by atoms with Crippen molar-refractivity contribution in [2.24, 2.45) is 5.92 Å². The van der Waals surface area contributed by atoms with Gasteiger partial charge in [0.2, 0.25) is 5.91 Å². The first-order chi connectivity index (χ1) is 13.6. The number of likely N-dealkylation sites (tertiary alicyclic amines) is 1. The lowest BCUT2D eigenvalue weighted by Gasteiger charge is -2.30. The summed E-state index contributed by atoms with van der Waals surface area (Å²) in [6, 6.07) is 7.82. The Morgan fingerprint density at radius 1 is 1.29 bits per heavy atom. The zero-order valence-electron chi connectivity index (χ0n) is 16.0. The molecule has 2 aromatic rings. The van der Waals surface area contributed by atoms with Gasteiger partial charge in [0, 0.05) is 19.1 Å². The highest BCUT2D eigenvalue weighted by atomic mass is 35.5. The number of amides is 1. The summed E-state index contributed by atoms with van der Waals surface area (Å²) in [6.07, 6.45) is 4.53. The second-order valence-electron chi connectivity index (χ2n) is 7.59. The fourth-order valence-electron chi connectivity index (χ4n) is 3.54. The van der Waals surface area contributed by atoms with Crippen LogP contribution in [0, 0.1) is 5.92 Å². The van der Waals surface area contributed by atoms with Crippen molar-refractivity contribution >= 4 is 29.3 Å². The van der Waals surface area contributed by atoms with Crippen molar-refractivity contribution in [3.05, 3.63) is 35.1 Å². The molecular formula is C20H25ClN4O2S. The van der Waals surface area contributed by atoms with E-state index in [1.54, 1.807) is 6.07 Å². The number of hydrogen-bond donors (Lipinski definition) is 0. The summed E-state index contributed by atoms with van der Waals surface area (Å²) >= 11 is 7.65. The zero-order chi connectivity index (χ0) is 19.5. The van der Waals surface area contributed by atoms with Gasteiger partial charge < -0.3 is 9.64 Å². The first kappa shape index (κ1) is 19.6. The number of piperidine rings is 1. The Labute approximate surface area is 174 Å². The highest BCUT2D eigenvalue weighted by Gasteiger charge is 2.30. The maximum Gasteiger partial charge on any atom is 0.233 e. The quantitative estimate of drug-likeness (QED) is 0.628. The molecule has 1 aromatic heterocycles. The molecule has 0 bridgehead atoms. The van der Waals surface area contributed by atoms with Gasteiger partial charge >= 0.3 is 0 Å². The fraction of sp³-hybridized carbons (Fsp3) is 0.550. The number of benzene rings is 1. The summed E-state index contributed by atoms with van der Waals surface area (Å²) in [4.78, 5) is 14.6. The van der Waals surface area contributed by atoms with Gasteiger partial charge in [-0.3, -0.25) is 9.36 Å². The molecule has 0 N–H and O–H groups in total. The van der Waals surface area contributed by atoms with Crippen LogP contribution in [0.2, 0.25) is 5.02 Å². The van der Waals surface area contributed by atoms with Crippen molar-refractivity contribution in [1.82, 2.24) is 19.7 Å². The van der Waals surface area contributed by atoms with E-state index in [1.807, 2.05) is 23.1 Å². The molecule has 2 fully saturated rings. The smallest absolute Gasteiger partial charge is 0.233 e. The molecule has 0 radical (unpaired) electrons. The molecule has 28 heavy (non-hydrogen) atoms. The van der Waals surface area contributed by atoms with Crippen LogP contribution in [0.1, 0.15) is 44.5 Å². The van der Waals surface area contributed by atoms with Crippen LogP contribution < -0.4 is 4.74 Å². The van der Waals surface area contributed by atoms with Gasteiger partial charge in [-0.25, -0.2) is 0 Å². The maximum atomic E-state index is 12.6. The molecular weight excluding hydrogens is 396 g/mol. The number of nitrogens with zero attached hydrogens (tertiary/aromatic N) is 4. The molecule has 150 valence electrons. The Kier molecular flexibility index (Phi) is 6.11. The number of aromatic nitrogens is 3. The Balaban J connectivity index is 1.39. The predicted molar refractivity (Wildman–Crippen MR) is 110 cm³/mol. The van der Waals surface area contributed by atoms with Crippen molar-refractivity contribution < 1.29 is 9.53 Å². The van der Waals surface area contributed by atoms with Crippen molar-refractivity contribution in [3.8, 4) is 5.75 Å². The van der Waals surface area contributed by atoms with E-state index in [1.165, 1.54) is 18.2 Å². The zero-order valence-corrected chi connectivity index (χ0v) is 17.6. The van der Waals surface area contributed by atoms with E-state index in [9.17, 15) is 4.79 Å². The first-order valence-electron chi connectivity index (χ1n) is 9.83. The average molecular weight is 421 g/mol. The Hall–Kier alpha value is -1.73. The van der Waals surface area contributed by atoms with Crippen molar-refractivity contribution in [2.75, 3.05) is 18.8 Å². The average Bonchev–Trinajstić information content (AvgIpc) is 3.45. The van der Waals surface area contributed by atoms with Crippen molar-refractivity contribution in [3.63, 3.8) is 0 Å². The highest BCUT2D eigenvalue weighted by Crippen LogP contribution is 2.39. The Bertz CT molecular complexity index is 839. The lowest BCUT2D eigenvalue weighted by Crippen LogP contribution is -2.40. The van der Waals surface area contributed by atoms with Crippen molar-refractivity contribution in [1.29, 1.82) is 0 Å². The molecule has 1 saturated heterocycles. The summed E-state index contributed by atoms with van der Waals surface area (Å²) in [5, 5.41) is 10.0. The molecule has 1 aliphatic heterocycles. The van der Waals surface area contributed by atoms with Crippen LogP contribution in [0.15, 0.2) is 29.4 Å². The molecule has 1 amide bonds. The van der Waals surface area contributed by atoms with Gasteiger partial charge in [0.15, 0.2) is 11.0 Å². The number of rotatable bonds is 7. The van der Waals surface area contributed by atoms with Crippen LogP contribution in [-0.2, 0) is 11.4 Å². The molecule has 4 rings (SSSR count). The third-order valence-corrected chi connectivity index (χ3v) is 6.42. The normalized spacial score (nSPS) is 19.6. The predicted octanol–water partition coefficient (Wildman–Crippen LogP) is 4.20. The molecule has 0 spiro atoms. The summed E-state index contributed by atoms with van der Waals surface area (Å²) in [5.74, 6) is 2.60. The molecule has 1 atom stereocenters. The van der Waals surface area contributed by atoms with Crippen LogP contribution in [0.5, 0.6) is 5.75 Å². The highest BCUT2D eigenvalue weighted by molar-refractivity contribution is 7.99. The van der Waals surface area contributed by atoms with Gasteiger partial charge in [-0.15, -0.1) is 10.2 Å². The second-order valence-corrected chi connectivity index (χ2v) is 8.94. The van der Waals surface area contributed by atoms with Crippen LogP contribution >= 0.6 is 23.4 Å². The number of hydrogen-bond acceptors (Lipinski definition) is 5. The topological polar surface area (TPSA) is 60.3 Å². The number of para-hydroxylation sites is 1. The minimum Gasteiger partial charge on any atom is -0.484 e. The van der Waals surface area contributed by atoms with E-state index >= 15 is 0 Å². The van der Waals surface area contributed by atoms with Gasteiger partial charge in [0.25, 0.3) is 0 Å². The van der Waals surface area contributed by atoms with E-state index < -0.39 is 0 Å². The molecule has 0 unspecified atom stereocenters. The Morgan fingerprint density at radius 3 is 2.86 bits per heavy atom. The van der Waals surface area contributed by atoms with E-state index in [4.69, 9.17) is 16.3 Å². The monoisotopic (exact) mass is 420 g/mol. The van der Waals surface area contributed by atoms with E-state index in [0.717, 1.165) is 43.3 Å². The van der Waals surface area contributed by atoms with Crippen LogP contribution in [0.3, 0.4) is 0 Å². The second kappa shape index (κ2) is 8.74. The minimum atomic E-state index is 0.191. The summed E-state index contributed by atoms with van der Waals surface area (Å²) in [7, 11) is 0. The Morgan fingerprint density at radius 2 is 2.11 bits per heavy atom. The molecule has 8 heteroatoms. The number of carbonyl (C=O) groups excluding carboxylic acids is 1. The van der Waals surface area contributed by atoms with Crippen LogP contribution in [0.25, 0.3) is 0 Å². The fourth-order valence-corrected chi connectivity index (χ4v) is 4.66. The molecule has 6 nitrogen and oxygen atoms in total. The number of halogens is 1. The van der Waals surface area contributed by atoms with Gasteiger partial charge in [-0.05, 0) is 43.7 Å². The van der Waals surface area contributed by atoms with Crippen LogP contribution in [0.4, 0.5) is 0 Å². The molecule has 2 aliphatic rings. The van der Waals surface area contributed by atoms with E-state index in [0.29, 0.717) is 35.1 Å². The summed E-state index contributed by atoms with van der Waals surface area (Å²) < 4.78 is 7.98. The van der Waals surface area contributed by atoms with Gasteiger partial charge in [0.05, 0.1) is 10.8 Å². The largest absolute Gasteiger partial charge is 0.484 e. The van der Waals surface area contributed by atoms with Gasteiger partial charge in [-0.2, -0.15) is 0 Å². The SMILES string of the molecule is C[C@@H]1CCCN(C(=O)CSc2nnc(COc3ccccc3Cl)n2C2CC2)C1. The van der Waals surface area contributed by atoms with Gasteiger partial charge in [0.1, 0.15) is 12.4 Å². The third kappa shape index (κ3) is 4.63. The standard InChI is InChI=1S/C20H25ClN4O2S/c1-14-5-4-10-24(11-14)19(26)13-28-20-23-22-18(25(20)15-8-9-15)12-27-17-7-3-2-6-16(17)21/h2-3,6-7,14-15H,4-5,8-13H2,1H3/t14-/m1/s1. The molecule has 1 aromatic carbocycles. The summed E-state index contributed by atoms with van der Waals surface area (Å²) in [6.45, 7) is 4.26. The maximum absolute atomic E-state index is 12.6. The van der Waals surface area contributed by atoms with Crippen molar-refractivity contribution in [2.45, 2.75) is 50.4 Å². The first-order valence-corrected chi connectivity index (χ1v) is 11.2. The number of carbonyl (C=O) groups is 1. The van der Waals surface area contributed by atoms with Crippen LogP contribution in [-0.4, -0.2) is 44.4 Å². The summed E-state index contributed by atoms with van der Waals surface area (Å²) in [5.41, 5.74) is 0. The molecule has 1 saturated carbocycles. The third-order valence-electron chi connectivity index (χ3n) is 5.18. The minimum absolute atomic E-state index is 0.191. The lowest BCUT2D eigenvalue weighted by atomic mass is 10.0. The molecule has 2 heterocycles. The van der Waals surface area contributed by atoms with Gasteiger partial charge in [-0.1, -0.05) is 42.4 Å². The van der Waals surface area contributed by atoms with E-state index in [-0.39, 0.29) is 5.91 Å². The number of ether oxygens (including phenoxy) is 1. The van der Waals surface area contributed by atoms with E-state index in [2.05, 4.69) is 21.7 Å². The molecule has 1 aliphatic carbocycles. The lowest BCUT2D eigenvalue weighted by molar-refractivity contribution is -0.130.